The summed E-state index contributed by atoms with van der Waals surface area (Å²) in [5.74, 6) is 1.03. The van der Waals surface area contributed by atoms with Gasteiger partial charge in [0.2, 0.25) is 6.20 Å². The summed E-state index contributed by atoms with van der Waals surface area (Å²) in [5, 5.41) is 0. The normalized spacial score (nSPS) is 13.4. The predicted molar refractivity (Wildman–Crippen MR) is 52.6 cm³/mol. The van der Waals surface area contributed by atoms with Crippen LogP contribution in [-0.4, -0.2) is 0 Å². The van der Waals surface area contributed by atoms with E-state index in [-0.39, 0.29) is 11.0 Å². The molecule has 0 aliphatic rings. The first-order chi connectivity index (χ1) is 5.71. The fourth-order valence-electron chi connectivity index (χ4n) is 1.02. The highest BCUT2D eigenvalue weighted by Gasteiger charge is 2.28. The Morgan fingerprint density at radius 1 is 1.08 bits per heavy atom. The Morgan fingerprint density at radius 2 is 1.62 bits per heavy atom. The third-order valence-electron chi connectivity index (χ3n) is 2.06. The summed E-state index contributed by atoms with van der Waals surface area (Å²) in [5.41, 5.74) is 0.198. The van der Waals surface area contributed by atoms with Crippen LogP contribution >= 0.6 is 0 Å². The first kappa shape index (κ1) is 10.3. The SMILES string of the molecule is CC(C)(C)c1c[n+](C(C)(C)C)co1. The molecule has 0 saturated carbocycles. The monoisotopic (exact) mass is 182 g/mol. The van der Waals surface area contributed by atoms with Gasteiger partial charge >= 0.3 is 6.39 Å². The molecule has 0 aliphatic carbocycles. The Kier molecular flexibility index (Phi) is 2.27. The van der Waals surface area contributed by atoms with Gasteiger partial charge in [-0.05, 0) is 0 Å². The highest BCUT2D eigenvalue weighted by molar-refractivity contribution is 5.00. The van der Waals surface area contributed by atoms with Gasteiger partial charge in [-0.2, -0.15) is 4.57 Å². The van der Waals surface area contributed by atoms with Crippen LogP contribution in [0.15, 0.2) is 17.0 Å². The first-order valence-corrected chi connectivity index (χ1v) is 4.72. The second-order valence-corrected chi connectivity index (χ2v) is 5.54. The molecular weight excluding hydrogens is 162 g/mol. The van der Waals surface area contributed by atoms with Crippen molar-refractivity contribution in [2.45, 2.75) is 52.5 Å². The molecule has 0 radical (unpaired) electrons. The van der Waals surface area contributed by atoms with Crippen LogP contribution in [0.25, 0.3) is 0 Å². The lowest BCUT2D eigenvalue weighted by molar-refractivity contribution is -0.756. The van der Waals surface area contributed by atoms with E-state index in [0.717, 1.165) is 5.76 Å². The molecule has 0 saturated heterocycles. The quantitative estimate of drug-likeness (QED) is 0.564. The lowest BCUT2D eigenvalue weighted by atomic mass is 9.94. The molecule has 0 atom stereocenters. The van der Waals surface area contributed by atoms with Crippen LogP contribution < -0.4 is 4.57 Å². The molecule has 0 fully saturated rings. The zero-order valence-electron chi connectivity index (χ0n) is 9.51. The molecule has 0 aromatic carbocycles. The molecule has 0 unspecified atom stereocenters. The van der Waals surface area contributed by atoms with E-state index in [1.54, 1.807) is 6.39 Å². The van der Waals surface area contributed by atoms with Gasteiger partial charge in [0.25, 0.3) is 0 Å². The number of hydrogen-bond donors (Lipinski definition) is 0. The fourth-order valence-corrected chi connectivity index (χ4v) is 1.02. The van der Waals surface area contributed by atoms with Gasteiger partial charge < -0.3 is 4.42 Å². The molecule has 1 heterocycles. The number of nitrogens with zero attached hydrogens (tertiary/aromatic N) is 1. The molecule has 0 spiro atoms. The summed E-state index contributed by atoms with van der Waals surface area (Å²) in [7, 11) is 0. The summed E-state index contributed by atoms with van der Waals surface area (Å²) in [6.45, 7) is 12.9. The van der Waals surface area contributed by atoms with E-state index in [2.05, 4.69) is 52.3 Å². The van der Waals surface area contributed by atoms with E-state index in [1.165, 1.54) is 0 Å². The third kappa shape index (κ3) is 2.33. The summed E-state index contributed by atoms with van der Waals surface area (Å²) < 4.78 is 7.62. The molecule has 1 aromatic rings. The second-order valence-electron chi connectivity index (χ2n) is 5.54. The van der Waals surface area contributed by atoms with Gasteiger partial charge in [-0.3, -0.25) is 0 Å². The maximum absolute atomic E-state index is 5.52. The minimum Gasteiger partial charge on any atom is -0.408 e. The largest absolute Gasteiger partial charge is 0.408 e. The van der Waals surface area contributed by atoms with Crippen molar-refractivity contribution in [3.63, 3.8) is 0 Å². The van der Waals surface area contributed by atoms with Crippen LogP contribution in [0.5, 0.6) is 0 Å². The minimum absolute atomic E-state index is 0.0937. The Labute approximate surface area is 80.6 Å². The zero-order valence-corrected chi connectivity index (χ0v) is 9.51. The van der Waals surface area contributed by atoms with Gasteiger partial charge in [0.05, 0.1) is 0 Å². The van der Waals surface area contributed by atoms with Crippen LogP contribution in [0.4, 0.5) is 0 Å². The summed E-state index contributed by atoms with van der Waals surface area (Å²) >= 11 is 0. The Morgan fingerprint density at radius 3 is 1.85 bits per heavy atom. The molecule has 1 rings (SSSR count). The van der Waals surface area contributed by atoms with Gasteiger partial charge in [0.15, 0.2) is 11.3 Å². The zero-order chi connectivity index (χ0) is 10.3. The van der Waals surface area contributed by atoms with Crippen LogP contribution in [-0.2, 0) is 11.0 Å². The minimum atomic E-state index is 0.0937. The third-order valence-corrected chi connectivity index (χ3v) is 2.06. The smallest absolute Gasteiger partial charge is 0.335 e. The lowest BCUT2D eigenvalue weighted by Crippen LogP contribution is -2.48. The van der Waals surface area contributed by atoms with Crippen LogP contribution in [0.3, 0.4) is 0 Å². The van der Waals surface area contributed by atoms with Gasteiger partial charge in [-0.15, -0.1) is 0 Å². The van der Waals surface area contributed by atoms with Crippen molar-refractivity contribution >= 4 is 0 Å². The first-order valence-electron chi connectivity index (χ1n) is 4.72. The van der Waals surface area contributed by atoms with Crippen molar-refractivity contribution in [2.24, 2.45) is 0 Å². The van der Waals surface area contributed by atoms with Crippen molar-refractivity contribution in [1.29, 1.82) is 0 Å². The molecule has 0 amide bonds. The predicted octanol–water partition coefficient (Wildman–Crippen LogP) is 2.62. The van der Waals surface area contributed by atoms with Crippen molar-refractivity contribution in [3.05, 3.63) is 18.4 Å². The standard InChI is InChI=1S/C11H20NO/c1-10(2,3)9-7-12(8-13-9)11(4,5)6/h7-8H,1-6H3/q+1. The lowest BCUT2D eigenvalue weighted by Gasteiger charge is -2.12. The number of hydrogen-bond acceptors (Lipinski definition) is 1. The van der Waals surface area contributed by atoms with Crippen LogP contribution in [0, 0.1) is 0 Å². The number of oxazole rings is 1. The Bertz CT molecular complexity index is 257. The van der Waals surface area contributed by atoms with Crippen LogP contribution in [0.1, 0.15) is 47.3 Å². The highest BCUT2D eigenvalue weighted by Crippen LogP contribution is 2.21. The molecule has 1 aromatic heterocycles. The molecular formula is C11H20NO+. The summed E-state index contributed by atoms with van der Waals surface area (Å²) in [6.07, 6.45) is 3.88. The Hall–Kier alpha value is -0.790. The maximum Gasteiger partial charge on any atom is 0.335 e. The van der Waals surface area contributed by atoms with Gasteiger partial charge in [-0.25, -0.2) is 0 Å². The van der Waals surface area contributed by atoms with E-state index in [0.29, 0.717) is 0 Å². The van der Waals surface area contributed by atoms with E-state index >= 15 is 0 Å². The van der Waals surface area contributed by atoms with E-state index in [9.17, 15) is 0 Å². The van der Waals surface area contributed by atoms with Gasteiger partial charge in [0.1, 0.15) is 0 Å². The molecule has 0 N–H and O–H groups in total. The number of rotatable bonds is 0. The molecule has 0 bridgehead atoms. The van der Waals surface area contributed by atoms with Gasteiger partial charge in [0, 0.05) is 26.2 Å². The van der Waals surface area contributed by atoms with Crippen molar-refractivity contribution in [2.75, 3.05) is 0 Å². The van der Waals surface area contributed by atoms with Crippen molar-refractivity contribution in [1.82, 2.24) is 0 Å². The van der Waals surface area contributed by atoms with Crippen molar-refractivity contribution in [3.8, 4) is 0 Å². The van der Waals surface area contributed by atoms with Gasteiger partial charge in [-0.1, -0.05) is 20.8 Å². The molecule has 2 nitrogen and oxygen atoms in total. The van der Waals surface area contributed by atoms with E-state index in [1.807, 2.05) is 0 Å². The molecule has 13 heavy (non-hydrogen) atoms. The second kappa shape index (κ2) is 2.86. The van der Waals surface area contributed by atoms with E-state index in [4.69, 9.17) is 4.42 Å². The maximum atomic E-state index is 5.52. The molecule has 2 heteroatoms. The van der Waals surface area contributed by atoms with Crippen molar-refractivity contribution < 1.29 is 8.98 Å². The summed E-state index contributed by atoms with van der Waals surface area (Å²) in [4.78, 5) is 0. The average molecular weight is 182 g/mol. The summed E-state index contributed by atoms with van der Waals surface area (Å²) in [6, 6.07) is 0. The van der Waals surface area contributed by atoms with Crippen LogP contribution in [0.2, 0.25) is 0 Å². The van der Waals surface area contributed by atoms with E-state index < -0.39 is 0 Å². The fraction of sp³-hybridized carbons (Fsp3) is 0.727. The topological polar surface area (TPSA) is 17.0 Å². The molecule has 74 valence electrons. The number of aromatic nitrogens is 1. The average Bonchev–Trinajstić information content (AvgIpc) is 2.28. The molecule has 0 aliphatic heterocycles. The highest BCUT2D eigenvalue weighted by atomic mass is 16.3. The Balaban J connectivity index is 3.01.